The number of amides is 1. The summed E-state index contributed by atoms with van der Waals surface area (Å²) in [6.45, 7) is 2.17. The van der Waals surface area contributed by atoms with Crippen LogP contribution < -0.4 is 9.80 Å². The van der Waals surface area contributed by atoms with Crippen molar-refractivity contribution in [2.45, 2.75) is 19.4 Å². The lowest BCUT2D eigenvalue weighted by Gasteiger charge is -2.29. The summed E-state index contributed by atoms with van der Waals surface area (Å²) in [7, 11) is 3.71. The molecule has 1 heterocycles. The molecule has 0 aliphatic carbocycles. The highest BCUT2D eigenvalue weighted by molar-refractivity contribution is 7.98. The van der Waals surface area contributed by atoms with E-state index >= 15 is 0 Å². The molecule has 0 aromatic heterocycles. The quantitative estimate of drug-likeness (QED) is 0.782. The van der Waals surface area contributed by atoms with Crippen LogP contribution in [0.5, 0.6) is 0 Å². The Morgan fingerprint density at radius 1 is 1.35 bits per heavy atom. The van der Waals surface area contributed by atoms with E-state index < -0.39 is 11.7 Å². The van der Waals surface area contributed by atoms with Gasteiger partial charge in [0.15, 0.2) is 0 Å². The maximum absolute atomic E-state index is 11.8. The van der Waals surface area contributed by atoms with Crippen molar-refractivity contribution in [2.24, 2.45) is 0 Å². The van der Waals surface area contributed by atoms with Crippen LogP contribution in [0.2, 0.25) is 0 Å². The number of Topliss-reactive ketones (excluding diaryl/α,β-unsaturated/α-hetero) is 1. The number of benzene rings is 1. The van der Waals surface area contributed by atoms with E-state index in [4.69, 9.17) is 0 Å². The molecule has 1 aromatic carbocycles. The number of hydrogen-bond acceptors (Lipinski definition) is 4. The monoisotopic (exact) mass is 292 g/mol. The summed E-state index contributed by atoms with van der Waals surface area (Å²) >= 11 is 1.82. The SMILES string of the molecule is CCC(CSC)N(C)c1ccc2c(c1)N(C)C(=O)C2=O. The first-order chi connectivity index (χ1) is 9.51. The zero-order valence-corrected chi connectivity index (χ0v) is 13.2. The van der Waals surface area contributed by atoms with Gasteiger partial charge in [0.25, 0.3) is 11.7 Å². The van der Waals surface area contributed by atoms with Gasteiger partial charge in [0, 0.05) is 31.6 Å². The van der Waals surface area contributed by atoms with Gasteiger partial charge in [-0.1, -0.05) is 6.92 Å². The second-order valence-corrected chi connectivity index (χ2v) is 5.93. The molecule has 1 aliphatic rings. The molecule has 1 aromatic rings. The van der Waals surface area contributed by atoms with Gasteiger partial charge in [-0.15, -0.1) is 0 Å². The summed E-state index contributed by atoms with van der Waals surface area (Å²) in [5.74, 6) is 0.196. The van der Waals surface area contributed by atoms with Crippen LogP contribution in [0.15, 0.2) is 18.2 Å². The highest BCUT2D eigenvalue weighted by Crippen LogP contribution is 2.32. The van der Waals surface area contributed by atoms with Crippen LogP contribution in [-0.2, 0) is 4.79 Å². The average molecular weight is 292 g/mol. The molecular weight excluding hydrogens is 272 g/mol. The van der Waals surface area contributed by atoms with Gasteiger partial charge in [-0.05, 0) is 30.9 Å². The van der Waals surface area contributed by atoms with Crippen molar-refractivity contribution in [1.82, 2.24) is 0 Å². The number of carbonyl (C=O) groups excluding carboxylic acids is 2. The van der Waals surface area contributed by atoms with Crippen LogP contribution in [0, 0.1) is 0 Å². The van der Waals surface area contributed by atoms with Gasteiger partial charge in [-0.2, -0.15) is 11.8 Å². The van der Waals surface area contributed by atoms with Crippen molar-refractivity contribution in [1.29, 1.82) is 0 Å². The number of rotatable bonds is 5. The fraction of sp³-hybridized carbons (Fsp3) is 0.467. The van der Waals surface area contributed by atoms with Crippen molar-refractivity contribution in [3.8, 4) is 0 Å². The Bertz CT molecular complexity index is 545. The van der Waals surface area contributed by atoms with Crippen molar-refractivity contribution < 1.29 is 9.59 Å². The van der Waals surface area contributed by atoms with Crippen molar-refractivity contribution >= 4 is 34.8 Å². The summed E-state index contributed by atoms with van der Waals surface area (Å²) < 4.78 is 0. The lowest BCUT2D eigenvalue weighted by atomic mass is 10.1. The van der Waals surface area contributed by atoms with E-state index in [0.717, 1.165) is 17.9 Å². The molecule has 20 heavy (non-hydrogen) atoms. The fourth-order valence-electron chi connectivity index (χ4n) is 2.49. The van der Waals surface area contributed by atoms with Crippen LogP contribution in [0.3, 0.4) is 0 Å². The van der Waals surface area contributed by atoms with Crippen LogP contribution in [0.4, 0.5) is 11.4 Å². The zero-order chi connectivity index (χ0) is 14.9. The molecule has 0 bridgehead atoms. The van der Waals surface area contributed by atoms with Gasteiger partial charge < -0.3 is 9.80 Å². The third-order valence-corrected chi connectivity index (χ3v) is 4.59. The second-order valence-electron chi connectivity index (χ2n) is 5.02. The van der Waals surface area contributed by atoms with Gasteiger partial charge in [0.05, 0.1) is 11.3 Å². The minimum Gasteiger partial charge on any atom is -0.371 e. The van der Waals surface area contributed by atoms with Crippen LogP contribution in [0.1, 0.15) is 23.7 Å². The number of thioether (sulfide) groups is 1. The largest absolute Gasteiger partial charge is 0.371 e. The number of hydrogen-bond donors (Lipinski definition) is 0. The molecule has 1 atom stereocenters. The maximum Gasteiger partial charge on any atom is 0.299 e. The van der Waals surface area contributed by atoms with Gasteiger partial charge in [-0.3, -0.25) is 9.59 Å². The van der Waals surface area contributed by atoms with E-state index in [0.29, 0.717) is 17.3 Å². The number of nitrogens with zero attached hydrogens (tertiary/aromatic N) is 2. The average Bonchev–Trinajstić information content (AvgIpc) is 2.68. The topological polar surface area (TPSA) is 40.6 Å². The molecule has 108 valence electrons. The molecule has 1 aliphatic heterocycles. The number of anilines is 2. The van der Waals surface area contributed by atoms with Crippen molar-refractivity contribution in [2.75, 3.05) is 35.9 Å². The Balaban J connectivity index is 2.33. The number of ketones is 1. The highest BCUT2D eigenvalue weighted by atomic mass is 32.2. The van der Waals surface area contributed by atoms with Gasteiger partial charge >= 0.3 is 0 Å². The van der Waals surface area contributed by atoms with E-state index in [-0.39, 0.29) is 0 Å². The molecule has 0 spiro atoms. The Kier molecular flexibility index (Phi) is 4.38. The van der Waals surface area contributed by atoms with Gasteiger partial charge in [0.2, 0.25) is 0 Å². The lowest BCUT2D eigenvalue weighted by molar-refractivity contribution is -0.114. The molecule has 0 radical (unpaired) electrons. The number of fused-ring (bicyclic) bond motifs is 1. The highest BCUT2D eigenvalue weighted by Gasteiger charge is 2.33. The van der Waals surface area contributed by atoms with E-state index in [9.17, 15) is 9.59 Å². The minimum atomic E-state index is -0.448. The van der Waals surface area contributed by atoms with Gasteiger partial charge in [0.1, 0.15) is 0 Å². The first-order valence-corrected chi connectivity index (χ1v) is 8.08. The second kappa shape index (κ2) is 5.87. The van der Waals surface area contributed by atoms with Crippen LogP contribution >= 0.6 is 11.8 Å². The minimum absolute atomic E-state index is 0.409. The lowest BCUT2D eigenvalue weighted by Crippen LogP contribution is -2.33. The molecule has 0 saturated carbocycles. The normalized spacial score (nSPS) is 15.5. The smallest absolute Gasteiger partial charge is 0.299 e. The Labute approximate surface area is 124 Å². The summed E-state index contributed by atoms with van der Waals surface area (Å²) in [6.07, 6.45) is 3.16. The van der Waals surface area contributed by atoms with Crippen LogP contribution in [0.25, 0.3) is 0 Å². The van der Waals surface area contributed by atoms with Gasteiger partial charge in [-0.25, -0.2) is 0 Å². The summed E-state index contributed by atoms with van der Waals surface area (Å²) in [6, 6.07) is 6.06. The zero-order valence-electron chi connectivity index (χ0n) is 12.3. The summed E-state index contributed by atoms with van der Waals surface area (Å²) in [5.41, 5.74) is 2.26. The standard InChI is InChI=1S/C15H20N2O2S/c1-5-10(9-20-4)16(2)11-6-7-12-13(8-11)17(3)15(19)14(12)18/h6-8,10H,5,9H2,1-4H3. The van der Waals surface area contributed by atoms with E-state index in [2.05, 4.69) is 25.1 Å². The molecule has 1 unspecified atom stereocenters. The molecule has 0 saturated heterocycles. The number of carbonyl (C=O) groups is 2. The Morgan fingerprint density at radius 3 is 2.65 bits per heavy atom. The predicted octanol–water partition coefficient (Wildman–Crippen LogP) is 2.42. The van der Waals surface area contributed by atoms with E-state index in [1.54, 1.807) is 13.1 Å². The molecular formula is C15H20N2O2S. The molecule has 0 N–H and O–H groups in total. The van der Waals surface area contributed by atoms with Crippen molar-refractivity contribution in [3.63, 3.8) is 0 Å². The predicted molar refractivity (Wildman–Crippen MR) is 85.0 cm³/mol. The van der Waals surface area contributed by atoms with E-state index in [1.807, 2.05) is 23.9 Å². The first-order valence-electron chi connectivity index (χ1n) is 6.69. The summed E-state index contributed by atoms with van der Waals surface area (Å²) in [5, 5.41) is 0. The van der Waals surface area contributed by atoms with Crippen LogP contribution in [-0.4, -0.2) is 43.8 Å². The van der Waals surface area contributed by atoms with Crippen molar-refractivity contribution in [3.05, 3.63) is 23.8 Å². The molecule has 1 amide bonds. The third kappa shape index (κ3) is 2.42. The summed E-state index contributed by atoms with van der Waals surface area (Å²) in [4.78, 5) is 27.1. The molecule has 0 fully saturated rings. The molecule has 2 rings (SSSR count). The maximum atomic E-state index is 11.8. The first kappa shape index (κ1) is 14.9. The molecule has 4 nitrogen and oxygen atoms in total. The third-order valence-electron chi connectivity index (χ3n) is 3.87. The Morgan fingerprint density at radius 2 is 2.05 bits per heavy atom. The van der Waals surface area contributed by atoms with E-state index in [1.165, 1.54) is 4.90 Å². The number of likely N-dealkylation sites (N-methyl/N-ethyl adjacent to an activating group) is 1. The molecule has 5 heteroatoms. The Hall–Kier alpha value is -1.49. The fourth-order valence-corrected chi connectivity index (χ4v) is 3.34.